The number of thiophene rings is 1. The van der Waals surface area contributed by atoms with Crippen molar-refractivity contribution in [3.05, 3.63) is 81.0 Å². The average Bonchev–Trinajstić information content (AvgIpc) is 3.70. The Morgan fingerprint density at radius 1 is 1.11 bits per heavy atom. The van der Waals surface area contributed by atoms with E-state index in [4.69, 9.17) is 14.9 Å². The van der Waals surface area contributed by atoms with Gasteiger partial charge in [0.1, 0.15) is 6.04 Å². The van der Waals surface area contributed by atoms with Crippen molar-refractivity contribution in [2.75, 3.05) is 19.8 Å². The molecule has 10 heteroatoms. The van der Waals surface area contributed by atoms with Crippen LogP contribution in [0.1, 0.15) is 33.6 Å². The molecule has 0 bridgehead atoms. The number of rotatable bonds is 6. The van der Waals surface area contributed by atoms with Crippen LogP contribution in [0.3, 0.4) is 0 Å². The summed E-state index contributed by atoms with van der Waals surface area (Å²) < 4.78 is 41.5. The summed E-state index contributed by atoms with van der Waals surface area (Å²) >= 11 is 1.44. The number of halogens is 2. The predicted octanol–water partition coefficient (Wildman–Crippen LogP) is 4.07. The monoisotopic (exact) mass is 537 g/mol. The summed E-state index contributed by atoms with van der Waals surface area (Å²) in [4.78, 5) is 29.1. The second-order valence-electron chi connectivity index (χ2n) is 9.73. The van der Waals surface area contributed by atoms with Gasteiger partial charge in [-0.1, -0.05) is 42.5 Å². The Morgan fingerprint density at radius 3 is 2.63 bits per heavy atom. The zero-order valence-electron chi connectivity index (χ0n) is 20.3. The first-order valence-electron chi connectivity index (χ1n) is 12.3. The molecule has 2 fully saturated rings. The third kappa shape index (κ3) is 4.22. The van der Waals surface area contributed by atoms with Crippen LogP contribution in [0.2, 0.25) is 0 Å². The first-order valence-corrected chi connectivity index (χ1v) is 13.2. The van der Waals surface area contributed by atoms with Crippen LogP contribution in [0.15, 0.2) is 53.9 Å². The van der Waals surface area contributed by atoms with Crippen molar-refractivity contribution >= 4 is 29.4 Å². The molecule has 1 spiro atoms. The number of benzene rings is 2. The van der Waals surface area contributed by atoms with Gasteiger partial charge in [0, 0.05) is 34.2 Å². The van der Waals surface area contributed by atoms with Crippen LogP contribution >= 0.6 is 11.3 Å². The number of alkyl halides is 2. The number of carbonyl (C=O) groups is 2. The molecule has 1 aliphatic carbocycles. The number of hydrogen-bond donors (Lipinski definition) is 2. The predicted molar refractivity (Wildman–Crippen MR) is 137 cm³/mol. The second kappa shape index (κ2) is 9.37. The highest BCUT2D eigenvalue weighted by molar-refractivity contribution is 7.10. The van der Waals surface area contributed by atoms with E-state index < -0.39 is 17.8 Å². The van der Waals surface area contributed by atoms with E-state index in [1.807, 2.05) is 11.4 Å². The Bertz CT molecular complexity index is 1430. The number of ether oxygens (including phenoxy) is 2. The van der Waals surface area contributed by atoms with Crippen LogP contribution in [0.4, 0.5) is 8.78 Å². The summed E-state index contributed by atoms with van der Waals surface area (Å²) in [7, 11) is 0. The minimum Gasteiger partial charge on any atom is -0.349 e. The fraction of sp³-hybridized carbons (Fsp3) is 0.321. The van der Waals surface area contributed by atoms with Crippen LogP contribution < -0.4 is 5.32 Å². The third-order valence-electron chi connectivity index (χ3n) is 7.34. The highest BCUT2D eigenvalue weighted by Crippen LogP contribution is 2.51. The van der Waals surface area contributed by atoms with Gasteiger partial charge in [0.2, 0.25) is 11.8 Å². The molecular formula is C28H25F2N3O4S. The highest BCUT2D eigenvalue weighted by atomic mass is 32.1. The maximum absolute atomic E-state index is 14.9. The fourth-order valence-corrected chi connectivity index (χ4v) is 6.29. The molecule has 2 saturated heterocycles. The van der Waals surface area contributed by atoms with Gasteiger partial charge in [-0.05, 0) is 28.1 Å². The van der Waals surface area contributed by atoms with E-state index in [9.17, 15) is 18.4 Å². The van der Waals surface area contributed by atoms with Crippen molar-refractivity contribution in [1.29, 1.82) is 5.41 Å². The van der Waals surface area contributed by atoms with Gasteiger partial charge in [-0.25, -0.2) is 0 Å². The minimum atomic E-state index is -3.09. The van der Waals surface area contributed by atoms with Gasteiger partial charge in [-0.15, -0.1) is 11.3 Å². The number of nitrogens with zero attached hydrogens (tertiary/aromatic N) is 1. The lowest BCUT2D eigenvalue weighted by molar-refractivity contribution is -0.152. The Balaban J connectivity index is 1.21. The molecule has 7 nitrogen and oxygen atoms in total. The zero-order chi connectivity index (χ0) is 26.5. The lowest BCUT2D eigenvalue weighted by Crippen LogP contribution is -2.46. The van der Waals surface area contributed by atoms with E-state index in [0.29, 0.717) is 29.9 Å². The molecule has 2 N–H and O–H groups in total. The van der Waals surface area contributed by atoms with Crippen LogP contribution in [-0.2, 0) is 38.0 Å². The molecule has 1 atom stereocenters. The van der Waals surface area contributed by atoms with Crippen molar-refractivity contribution < 1.29 is 27.8 Å². The first-order chi connectivity index (χ1) is 18.3. The van der Waals surface area contributed by atoms with Crippen LogP contribution in [0, 0.1) is 5.41 Å². The zero-order valence-corrected chi connectivity index (χ0v) is 21.2. The second-order valence-corrected chi connectivity index (χ2v) is 10.7. The molecule has 0 saturated carbocycles. The maximum Gasteiger partial charge on any atom is 0.299 e. The summed E-state index contributed by atoms with van der Waals surface area (Å²) in [5.41, 5.74) is 2.13. The normalized spacial score (nSPS) is 20.4. The van der Waals surface area contributed by atoms with Gasteiger partial charge in [0.05, 0.1) is 32.7 Å². The Kier molecular flexibility index (Phi) is 6.13. The average molecular weight is 538 g/mol. The molecule has 2 amide bonds. The maximum atomic E-state index is 14.9. The summed E-state index contributed by atoms with van der Waals surface area (Å²) in [5.74, 6) is -4.73. The molecule has 2 aromatic carbocycles. The van der Waals surface area contributed by atoms with E-state index in [1.54, 1.807) is 30.3 Å². The van der Waals surface area contributed by atoms with Crippen molar-refractivity contribution in [3.63, 3.8) is 0 Å². The first kappa shape index (κ1) is 24.8. The van der Waals surface area contributed by atoms with Crippen molar-refractivity contribution in [3.8, 4) is 11.1 Å². The van der Waals surface area contributed by atoms with E-state index >= 15 is 0 Å². The largest absolute Gasteiger partial charge is 0.349 e. The standard InChI is InChI=1S/C28H25F2N3O4S/c29-28(30)22-4-2-1-3-20(22)21-10-17(5-6-23(21)28)11-25(34)33-16-27(36-7-8-37-27)12-24(33)26(35)32-14-19-9-18(13-31)15-38-19/h1-6,9-10,13,15,24,31H,7-8,11-12,14,16H2,(H,32,35). The van der Waals surface area contributed by atoms with E-state index in [2.05, 4.69) is 5.32 Å². The van der Waals surface area contributed by atoms with Gasteiger partial charge < -0.3 is 25.1 Å². The van der Waals surface area contributed by atoms with Crippen LogP contribution in [0.25, 0.3) is 11.1 Å². The molecule has 38 heavy (non-hydrogen) atoms. The van der Waals surface area contributed by atoms with Gasteiger partial charge >= 0.3 is 0 Å². The number of fused-ring (bicyclic) bond motifs is 3. The van der Waals surface area contributed by atoms with Crippen molar-refractivity contribution in [1.82, 2.24) is 10.2 Å². The van der Waals surface area contributed by atoms with E-state index in [-0.39, 0.29) is 48.9 Å². The molecule has 3 heterocycles. The van der Waals surface area contributed by atoms with Crippen molar-refractivity contribution in [2.45, 2.75) is 37.1 Å². The molecule has 3 aliphatic rings. The number of nitrogens with one attached hydrogen (secondary N) is 2. The molecule has 3 aromatic rings. The Labute approximate surface area is 221 Å². The number of carbonyl (C=O) groups excluding carboxylic acids is 2. The number of amides is 2. The summed E-state index contributed by atoms with van der Waals surface area (Å²) in [6.45, 7) is 1.17. The molecule has 2 aliphatic heterocycles. The molecule has 0 radical (unpaired) electrons. The molecule has 1 aromatic heterocycles. The summed E-state index contributed by atoms with van der Waals surface area (Å²) in [5, 5.41) is 12.1. The summed E-state index contributed by atoms with van der Waals surface area (Å²) in [6, 6.07) is 12.0. The summed E-state index contributed by atoms with van der Waals surface area (Å²) in [6.07, 6.45) is 1.41. The highest BCUT2D eigenvalue weighted by Gasteiger charge is 2.52. The third-order valence-corrected chi connectivity index (χ3v) is 8.29. The fourth-order valence-electron chi connectivity index (χ4n) is 5.51. The molecule has 1 unspecified atom stereocenters. The van der Waals surface area contributed by atoms with Crippen LogP contribution in [-0.4, -0.2) is 54.5 Å². The molecular weight excluding hydrogens is 512 g/mol. The van der Waals surface area contributed by atoms with Gasteiger partial charge in [-0.2, -0.15) is 8.78 Å². The van der Waals surface area contributed by atoms with Gasteiger partial charge in [-0.3, -0.25) is 9.59 Å². The molecule has 6 rings (SSSR count). The topological polar surface area (TPSA) is 91.7 Å². The lowest BCUT2D eigenvalue weighted by Gasteiger charge is -2.24. The van der Waals surface area contributed by atoms with E-state index in [1.165, 1.54) is 34.6 Å². The number of hydrogen-bond acceptors (Lipinski definition) is 6. The van der Waals surface area contributed by atoms with E-state index in [0.717, 1.165) is 10.4 Å². The minimum absolute atomic E-state index is 0.0364. The quantitative estimate of drug-likeness (QED) is 0.464. The van der Waals surface area contributed by atoms with Gasteiger partial charge in [0.15, 0.2) is 5.79 Å². The molecule has 196 valence electrons. The smallest absolute Gasteiger partial charge is 0.299 e. The lowest BCUT2D eigenvalue weighted by atomic mass is 10.0. The SMILES string of the molecule is N=Cc1csc(CNC(=O)C2CC3(CN2C(=O)Cc2ccc4c(c2)-c2ccccc2C4(F)F)OCCO3)c1. The number of likely N-dealkylation sites (tertiary alicyclic amines) is 1. The van der Waals surface area contributed by atoms with Crippen LogP contribution in [0.5, 0.6) is 0 Å². The Hall–Kier alpha value is -3.47. The Morgan fingerprint density at radius 2 is 1.87 bits per heavy atom. The van der Waals surface area contributed by atoms with Crippen molar-refractivity contribution in [2.24, 2.45) is 0 Å². The van der Waals surface area contributed by atoms with Gasteiger partial charge in [0.25, 0.3) is 5.92 Å².